The molecule has 0 radical (unpaired) electrons. The first-order valence-corrected chi connectivity index (χ1v) is 8.87. The van der Waals surface area contributed by atoms with Crippen LogP contribution >= 0.6 is 0 Å². The number of amides is 1. The number of rotatable bonds is 3. The van der Waals surface area contributed by atoms with Crippen LogP contribution in [0.25, 0.3) is 0 Å². The molecule has 4 atom stereocenters. The lowest BCUT2D eigenvalue weighted by atomic mass is 9.92. The number of hydrogen-bond acceptors (Lipinski definition) is 4. The third kappa shape index (κ3) is 2.74. The quantitative estimate of drug-likeness (QED) is 0.843. The number of aromatic nitrogens is 2. The molecule has 6 heteroatoms. The van der Waals surface area contributed by atoms with E-state index < -0.39 is 0 Å². The van der Waals surface area contributed by atoms with Gasteiger partial charge in [-0.25, -0.2) is 4.98 Å². The lowest BCUT2D eigenvalue weighted by Gasteiger charge is -2.34. The molecule has 2 fully saturated rings. The number of carbonyl (C=O) groups excluding carboxylic acids is 1. The average molecular weight is 328 g/mol. The summed E-state index contributed by atoms with van der Waals surface area (Å²) in [5.74, 6) is 1.84. The Labute approximate surface area is 141 Å². The van der Waals surface area contributed by atoms with Gasteiger partial charge >= 0.3 is 0 Å². The minimum atomic E-state index is -0.0808. The van der Waals surface area contributed by atoms with Crippen molar-refractivity contribution in [2.24, 2.45) is 24.8 Å². The molecule has 2 bridgehead atoms. The second-order valence-electron chi connectivity index (χ2n) is 7.35. The van der Waals surface area contributed by atoms with Gasteiger partial charge in [0.2, 0.25) is 5.91 Å². The van der Waals surface area contributed by atoms with E-state index in [1.165, 1.54) is 0 Å². The number of nitrogens with one attached hydrogen (secondary N) is 1. The Bertz CT molecular complexity index is 726. The Morgan fingerprint density at radius 2 is 2.21 bits per heavy atom. The first-order chi connectivity index (χ1) is 11.6. The zero-order valence-corrected chi connectivity index (χ0v) is 14.0. The molecule has 1 aliphatic heterocycles. The van der Waals surface area contributed by atoms with Crippen LogP contribution in [-0.2, 0) is 11.8 Å². The molecule has 128 valence electrons. The molecule has 3 aliphatic rings. The van der Waals surface area contributed by atoms with E-state index in [1.807, 2.05) is 4.90 Å². The first kappa shape index (κ1) is 15.4. The van der Waals surface area contributed by atoms with Crippen LogP contribution < -0.4 is 15.8 Å². The second kappa shape index (κ2) is 6.07. The van der Waals surface area contributed by atoms with Crippen LogP contribution in [0.5, 0.6) is 0 Å². The van der Waals surface area contributed by atoms with Gasteiger partial charge < -0.3 is 14.8 Å². The van der Waals surface area contributed by atoms with E-state index in [0.29, 0.717) is 24.2 Å². The third-order valence-electron chi connectivity index (χ3n) is 5.68. The van der Waals surface area contributed by atoms with E-state index in [0.717, 1.165) is 32.2 Å². The van der Waals surface area contributed by atoms with Crippen LogP contribution in [-0.4, -0.2) is 34.6 Å². The fourth-order valence-corrected chi connectivity index (χ4v) is 4.38. The van der Waals surface area contributed by atoms with E-state index in [2.05, 4.69) is 22.5 Å². The van der Waals surface area contributed by atoms with Gasteiger partial charge in [0.1, 0.15) is 0 Å². The average Bonchev–Trinajstić information content (AvgIpc) is 3.21. The molecule has 1 N–H and O–H groups in total. The fraction of sp³-hybridized carbons (Fsp3) is 0.611. The molecule has 1 saturated carbocycles. The summed E-state index contributed by atoms with van der Waals surface area (Å²) >= 11 is 0. The van der Waals surface area contributed by atoms with Crippen LogP contribution in [0.4, 0.5) is 5.82 Å². The highest BCUT2D eigenvalue weighted by molar-refractivity contribution is 5.80. The van der Waals surface area contributed by atoms with Crippen molar-refractivity contribution >= 4 is 11.7 Å². The lowest BCUT2D eigenvalue weighted by molar-refractivity contribution is -0.126. The molecule has 1 aromatic rings. The number of nitrogens with zero attached hydrogens (tertiary/aromatic N) is 3. The van der Waals surface area contributed by atoms with Crippen molar-refractivity contribution < 1.29 is 4.79 Å². The molecule has 1 saturated heterocycles. The predicted octanol–water partition coefficient (Wildman–Crippen LogP) is 1.08. The smallest absolute Gasteiger partial charge is 0.293 e. The molecule has 0 spiro atoms. The highest BCUT2D eigenvalue weighted by atomic mass is 16.2. The van der Waals surface area contributed by atoms with Crippen molar-refractivity contribution in [2.45, 2.75) is 31.7 Å². The Morgan fingerprint density at radius 3 is 2.96 bits per heavy atom. The van der Waals surface area contributed by atoms with Gasteiger partial charge in [-0.15, -0.1) is 0 Å². The summed E-state index contributed by atoms with van der Waals surface area (Å²) in [4.78, 5) is 31.1. The minimum absolute atomic E-state index is 0.0808. The lowest BCUT2D eigenvalue weighted by Crippen LogP contribution is -2.51. The van der Waals surface area contributed by atoms with Crippen LogP contribution in [0.1, 0.15) is 25.7 Å². The van der Waals surface area contributed by atoms with E-state index in [4.69, 9.17) is 0 Å². The SMILES string of the molecule is Cn1ccnc(N2CCCC(NC(=O)C3CC4C=CC3C4)C2)c1=O. The summed E-state index contributed by atoms with van der Waals surface area (Å²) in [6.07, 6.45) is 11.8. The number of anilines is 1. The van der Waals surface area contributed by atoms with Crippen LogP contribution in [0, 0.1) is 17.8 Å². The van der Waals surface area contributed by atoms with Crippen molar-refractivity contribution in [3.05, 3.63) is 34.9 Å². The monoisotopic (exact) mass is 328 g/mol. The maximum atomic E-state index is 12.6. The first-order valence-electron chi connectivity index (χ1n) is 8.87. The van der Waals surface area contributed by atoms with Crippen molar-refractivity contribution in [3.63, 3.8) is 0 Å². The Balaban J connectivity index is 1.42. The van der Waals surface area contributed by atoms with E-state index in [9.17, 15) is 9.59 Å². The Morgan fingerprint density at radius 1 is 1.33 bits per heavy atom. The van der Waals surface area contributed by atoms with Crippen LogP contribution in [0.15, 0.2) is 29.3 Å². The standard InChI is InChI=1S/C18H24N4O2/c1-21-8-6-19-16(18(21)24)22-7-2-3-14(11-22)20-17(23)15-10-12-4-5-13(15)9-12/h4-6,8,12-15H,2-3,7,9-11H2,1H3,(H,20,23). The van der Waals surface area contributed by atoms with Gasteiger partial charge in [0.05, 0.1) is 0 Å². The maximum Gasteiger partial charge on any atom is 0.293 e. The van der Waals surface area contributed by atoms with E-state index >= 15 is 0 Å². The molecule has 24 heavy (non-hydrogen) atoms. The van der Waals surface area contributed by atoms with Crippen molar-refractivity contribution in [1.82, 2.24) is 14.9 Å². The summed E-state index contributed by atoms with van der Waals surface area (Å²) in [6.45, 7) is 1.48. The van der Waals surface area contributed by atoms with Gasteiger partial charge in [-0.2, -0.15) is 0 Å². The van der Waals surface area contributed by atoms with Gasteiger partial charge in [-0.1, -0.05) is 12.2 Å². The van der Waals surface area contributed by atoms with Gasteiger partial charge in [0.25, 0.3) is 5.56 Å². The Hall–Kier alpha value is -2.11. The van der Waals surface area contributed by atoms with E-state index in [1.54, 1.807) is 24.0 Å². The molecule has 2 heterocycles. The van der Waals surface area contributed by atoms with Gasteiger partial charge in [-0.05, 0) is 37.5 Å². The zero-order chi connectivity index (χ0) is 16.7. The van der Waals surface area contributed by atoms with Gasteiger partial charge in [0, 0.05) is 44.5 Å². The van der Waals surface area contributed by atoms with Gasteiger partial charge in [0.15, 0.2) is 5.82 Å². The maximum absolute atomic E-state index is 12.6. The van der Waals surface area contributed by atoms with Crippen molar-refractivity contribution in [2.75, 3.05) is 18.0 Å². The number of hydrogen-bond donors (Lipinski definition) is 1. The molecular formula is C18H24N4O2. The number of aryl methyl sites for hydroxylation is 1. The van der Waals surface area contributed by atoms with Gasteiger partial charge in [-0.3, -0.25) is 9.59 Å². The normalized spacial score (nSPS) is 31.5. The zero-order valence-electron chi connectivity index (χ0n) is 14.0. The number of piperidine rings is 1. The minimum Gasteiger partial charge on any atom is -0.351 e. The highest BCUT2D eigenvalue weighted by Crippen LogP contribution is 2.43. The van der Waals surface area contributed by atoms with E-state index in [-0.39, 0.29) is 23.4 Å². The molecule has 4 unspecified atom stereocenters. The molecule has 2 aliphatic carbocycles. The summed E-state index contributed by atoms with van der Waals surface area (Å²) in [5, 5.41) is 3.23. The number of fused-ring (bicyclic) bond motifs is 2. The highest BCUT2D eigenvalue weighted by Gasteiger charge is 2.40. The molecule has 4 rings (SSSR count). The molecule has 1 aromatic heterocycles. The number of allylic oxidation sites excluding steroid dienone is 2. The second-order valence-corrected chi connectivity index (χ2v) is 7.35. The topological polar surface area (TPSA) is 67.2 Å². The largest absolute Gasteiger partial charge is 0.351 e. The molecule has 1 amide bonds. The predicted molar refractivity (Wildman–Crippen MR) is 91.7 cm³/mol. The van der Waals surface area contributed by atoms with Crippen molar-refractivity contribution in [1.29, 1.82) is 0 Å². The van der Waals surface area contributed by atoms with Crippen LogP contribution in [0.3, 0.4) is 0 Å². The van der Waals surface area contributed by atoms with Crippen molar-refractivity contribution in [3.8, 4) is 0 Å². The summed E-state index contributed by atoms with van der Waals surface area (Å²) in [7, 11) is 1.74. The fourth-order valence-electron chi connectivity index (χ4n) is 4.38. The molecule has 0 aromatic carbocycles. The Kier molecular flexibility index (Phi) is 3.90. The van der Waals surface area contributed by atoms with Crippen LogP contribution in [0.2, 0.25) is 0 Å². The molecule has 6 nitrogen and oxygen atoms in total. The summed E-state index contributed by atoms with van der Waals surface area (Å²) in [5.41, 5.74) is -0.0808. The molecular weight excluding hydrogens is 304 g/mol. The number of carbonyl (C=O) groups is 1. The third-order valence-corrected chi connectivity index (χ3v) is 5.68. The summed E-state index contributed by atoms with van der Waals surface area (Å²) < 4.78 is 1.55. The summed E-state index contributed by atoms with van der Waals surface area (Å²) in [6, 6.07) is 0.0982.